The highest BCUT2D eigenvalue weighted by Crippen LogP contribution is 2.32. The van der Waals surface area contributed by atoms with Crippen LogP contribution in [-0.2, 0) is 23.7 Å². The summed E-state index contributed by atoms with van der Waals surface area (Å²) in [6.45, 7) is -2.33. The minimum Gasteiger partial charge on any atom is -0.394 e. The third-order valence-electron chi connectivity index (χ3n) is 6.09. The molecule has 7 unspecified atom stereocenters. The molecule has 0 aromatic carbocycles. The summed E-state index contributed by atoms with van der Waals surface area (Å²) in [5.41, 5.74) is 0. The van der Waals surface area contributed by atoms with Crippen molar-refractivity contribution in [2.24, 2.45) is 0 Å². The summed E-state index contributed by atoms with van der Waals surface area (Å²) in [5.74, 6) is 0. The van der Waals surface area contributed by atoms with Crippen molar-refractivity contribution < 1.29 is 79.9 Å². The Bertz CT molecular complexity index is 639. The maximum Gasteiger partial charge on any atom is 0.187 e. The Balaban J connectivity index is 1.78. The lowest BCUT2D eigenvalue weighted by molar-refractivity contribution is -0.379. The zero-order valence-corrected chi connectivity index (χ0v) is 17.7. The second-order valence-electron chi connectivity index (χ2n) is 8.33. The van der Waals surface area contributed by atoms with E-state index in [4.69, 9.17) is 23.7 Å². The Morgan fingerprint density at radius 3 is 1.35 bits per heavy atom. The number of aliphatic hydroxyl groups is 11. The quantitative estimate of drug-likeness (QED) is 0.154. The Morgan fingerprint density at radius 1 is 0.441 bits per heavy atom. The average molecular weight is 504 g/mol. The molecule has 0 spiro atoms. The van der Waals surface area contributed by atoms with Gasteiger partial charge in [0.15, 0.2) is 18.9 Å². The van der Waals surface area contributed by atoms with E-state index in [0.717, 1.165) is 0 Å². The molecular weight excluding hydrogens is 472 g/mol. The predicted molar refractivity (Wildman–Crippen MR) is 101 cm³/mol. The average Bonchev–Trinajstić information content (AvgIpc) is 2.82. The molecule has 0 aromatic heterocycles. The highest BCUT2D eigenvalue weighted by atomic mass is 16.7. The van der Waals surface area contributed by atoms with Crippen LogP contribution in [0.15, 0.2) is 0 Å². The maximum absolute atomic E-state index is 10.7. The van der Waals surface area contributed by atoms with E-state index in [1.165, 1.54) is 0 Å². The first-order valence-electron chi connectivity index (χ1n) is 10.6. The molecule has 3 heterocycles. The van der Waals surface area contributed by atoms with E-state index < -0.39 is 112 Å². The molecule has 0 aliphatic carbocycles. The van der Waals surface area contributed by atoms with Gasteiger partial charge in [-0.2, -0.15) is 0 Å². The predicted octanol–water partition coefficient (Wildman–Crippen LogP) is -7.57. The second-order valence-corrected chi connectivity index (χ2v) is 8.33. The Hall–Kier alpha value is -0.640. The molecule has 11 N–H and O–H groups in total. The van der Waals surface area contributed by atoms with Crippen LogP contribution in [0.25, 0.3) is 0 Å². The SMILES string of the molecule is OCC1O[C@@H](O[C@@H]2C(O)[C@H](O[C@@H]3C(O)C(O)OC(CO)[C@@H]3O)OC(CO)[C@@H]2O)C(O)[C@@H](O)[C@H]1O. The molecule has 0 amide bonds. The van der Waals surface area contributed by atoms with Crippen LogP contribution in [0, 0.1) is 0 Å². The van der Waals surface area contributed by atoms with Crippen LogP contribution < -0.4 is 0 Å². The fraction of sp³-hybridized carbons (Fsp3) is 1.00. The molecule has 3 fully saturated rings. The second kappa shape index (κ2) is 11.6. The third-order valence-corrected chi connectivity index (χ3v) is 6.09. The molecule has 200 valence electrons. The van der Waals surface area contributed by atoms with Gasteiger partial charge in [0.2, 0.25) is 0 Å². The Morgan fingerprint density at radius 2 is 0.853 bits per heavy atom. The van der Waals surface area contributed by atoms with Gasteiger partial charge in [-0.1, -0.05) is 0 Å². The summed E-state index contributed by atoms with van der Waals surface area (Å²) in [6.07, 6.45) is -25.5. The van der Waals surface area contributed by atoms with Gasteiger partial charge < -0.3 is 79.9 Å². The first-order chi connectivity index (χ1) is 16.0. The summed E-state index contributed by atoms with van der Waals surface area (Å²) in [4.78, 5) is 0. The van der Waals surface area contributed by atoms with Crippen molar-refractivity contribution in [2.45, 2.75) is 92.1 Å². The van der Waals surface area contributed by atoms with E-state index in [9.17, 15) is 56.2 Å². The van der Waals surface area contributed by atoms with Crippen molar-refractivity contribution in [2.75, 3.05) is 19.8 Å². The monoisotopic (exact) mass is 504 g/mol. The van der Waals surface area contributed by atoms with Gasteiger partial charge in [0.25, 0.3) is 0 Å². The summed E-state index contributed by atoms with van der Waals surface area (Å²) >= 11 is 0. The van der Waals surface area contributed by atoms with Crippen LogP contribution in [0.5, 0.6) is 0 Å². The third kappa shape index (κ3) is 5.37. The summed E-state index contributed by atoms with van der Waals surface area (Å²) < 4.78 is 26.2. The maximum atomic E-state index is 10.7. The van der Waals surface area contributed by atoms with Crippen LogP contribution in [0.2, 0.25) is 0 Å². The van der Waals surface area contributed by atoms with Gasteiger partial charge in [-0.05, 0) is 0 Å². The van der Waals surface area contributed by atoms with Crippen molar-refractivity contribution >= 4 is 0 Å². The van der Waals surface area contributed by atoms with Crippen LogP contribution >= 0.6 is 0 Å². The molecule has 3 aliphatic heterocycles. The highest BCUT2D eigenvalue weighted by molar-refractivity contribution is 4.96. The summed E-state index contributed by atoms with van der Waals surface area (Å²) in [7, 11) is 0. The van der Waals surface area contributed by atoms with Crippen molar-refractivity contribution in [1.82, 2.24) is 0 Å². The van der Waals surface area contributed by atoms with E-state index >= 15 is 0 Å². The molecule has 34 heavy (non-hydrogen) atoms. The molecule has 3 rings (SSSR count). The fourth-order valence-electron chi connectivity index (χ4n) is 4.04. The van der Waals surface area contributed by atoms with Crippen molar-refractivity contribution in [3.05, 3.63) is 0 Å². The number of ether oxygens (including phenoxy) is 5. The van der Waals surface area contributed by atoms with Gasteiger partial charge in [-0.25, -0.2) is 0 Å². The van der Waals surface area contributed by atoms with Gasteiger partial charge >= 0.3 is 0 Å². The summed E-state index contributed by atoms with van der Waals surface area (Å²) in [5, 5.41) is 110. The molecule has 0 radical (unpaired) electrons. The van der Waals surface area contributed by atoms with Gasteiger partial charge in [0, 0.05) is 0 Å². The minimum absolute atomic E-state index is 0.750. The standard InChI is InChI=1S/C18H32O16/c19-1-4-7(22)10(25)11(26)17(31-4)34-15-9(24)6(3-21)32-18(13(15)28)33-14-8(23)5(2-20)30-16(29)12(14)27/h4-29H,1-3H2/t4?,5?,6?,7-,8-,9-,10-,11?,12?,13?,14-,15-,16?,17-,18-/m0/s1. The molecule has 3 saturated heterocycles. The van der Waals surface area contributed by atoms with E-state index in [2.05, 4.69) is 0 Å². The van der Waals surface area contributed by atoms with Crippen LogP contribution in [0.3, 0.4) is 0 Å². The van der Waals surface area contributed by atoms with Gasteiger partial charge in [-0.3, -0.25) is 0 Å². The van der Waals surface area contributed by atoms with Crippen LogP contribution in [0.4, 0.5) is 0 Å². The Kier molecular flexibility index (Phi) is 9.54. The number of hydrogen-bond donors (Lipinski definition) is 11. The van der Waals surface area contributed by atoms with Gasteiger partial charge in [-0.15, -0.1) is 0 Å². The fourth-order valence-corrected chi connectivity index (χ4v) is 4.04. The molecule has 16 heteroatoms. The molecule has 3 aliphatic rings. The molecule has 15 atom stereocenters. The van der Waals surface area contributed by atoms with Crippen molar-refractivity contribution in [1.29, 1.82) is 0 Å². The molecule has 0 bridgehead atoms. The zero-order chi connectivity index (χ0) is 25.3. The number of hydrogen-bond acceptors (Lipinski definition) is 16. The molecule has 16 nitrogen and oxygen atoms in total. The van der Waals surface area contributed by atoms with Crippen LogP contribution in [0.1, 0.15) is 0 Å². The largest absolute Gasteiger partial charge is 0.394 e. The number of aliphatic hydroxyl groups excluding tert-OH is 11. The Labute approximate surface area is 192 Å². The normalized spacial score (nSPS) is 52.5. The van der Waals surface area contributed by atoms with Gasteiger partial charge in [0.1, 0.15) is 73.2 Å². The van der Waals surface area contributed by atoms with Crippen LogP contribution in [-0.4, -0.2) is 168 Å². The summed E-state index contributed by atoms with van der Waals surface area (Å²) in [6, 6.07) is 0. The first-order valence-corrected chi connectivity index (χ1v) is 10.6. The lowest BCUT2D eigenvalue weighted by atomic mass is 9.96. The lowest BCUT2D eigenvalue weighted by Crippen LogP contribution is -2.66. The number of rotatable bonds is 7. The smallest absolute Gasteiger partial charge is 0.187 e. The minimum atomic E-state index is -1.92. The van der Waals surface area contributed by atoms with E-state index in [1.807, 2.05) is 0 Å². The topological polar surface area (TPSA) is 269 Å². The first kappa shape index (κ1) is 27.9. The lowest BCUT2D eigenvalue weighted by Gasteiger charge is -2.47. The molecular formula is C18H32O16. The van der Waals surface area contributed by atoms with E-state index in [0.29, 0.717) is 0 Å². The molecule has 0 saturated carbocycles. The van der Waals surface area contributed by atoms with Gasteiger partial charge in [0.05, 0.1) is 19.8 Å². The highest BCUT2D eigenvalue weighted by Gasteiger charge is 2.53. The zero-order valence-electron chi connectivity index (χ0n) is 17.7. The van der Waals surface area contributed by atoms with Crippen molar-refractivity contribution in [3.8, 4) is 0 Å². The van der Waals surface area contributed by atoms with E-state index in [1.54, 1.807) is 0 Å². The van der Waals surface area contributed by atoms with E-state index in [-0.39, 0.29) is 0 Å². The van der Waals surface area contributed by atoms with Crippen molar-refractivity contribution in [3.63, 3.8) is 0 Å². The molecule has 0 aromatic rings.